The van der Waals surface area contributed by atoms with Gasteiger partial charge in [-0.05, 0) is 19.5 Å². The Morgan fingerprint density at radius 1 is 1.41 bits per heavy atom. The highest BCUT2D eigenvalue weighted by Gasteiger charge is 2.03. The van der Waals surface area contributed by atoms with Crippen molar-refractivity contribution in [3.63, 3.8) is 0 Å². The van der Waals surface area contributed by atoms with Gasteiger partial charge in [0.1, 0.15) is 0 Å². The fraction of sp³-hybridized carbons (Fsp3) is 0.750. The van der Waals surface area contributed by atoms with Crippen molar-refractivity contribution in [3.05, 3.63) is 11.8 Å². The summed E-state index contributed by atoms with van der Waals surface area (Å²) in [6.45, 7) is 7.16. The molecule has 0 saturated carbocycles. The molecule has 5 nitrogen and oxygen atoms in total. The number of rotatable bonds is 8. The summed E-state index contributed by atoms with van der Waals surface area (Å²) < 4.78 is 6.91. The molecular weight excluding hydrogens is 216 g/mol. The Hall–Kier alpha value is -1.07. The van der Waals surface area contributed by atoms with Crippen LogP contribution in [-0.4, -0.2) is 36.0 Å². The van der Waals surface area contributed by atoms with Crippen molar-refractivity contribution in [1.29, 1.82) is 0 Å². The fourth-order valence-corrected chi connectivity index (χ4v) is 1.60. The molecule has 0 aliphatic rings. The lowest BCUT2D eigenvalue weighted by molar-refractivity contribution is 0.373. The minimum Gasteiger partial charge on any atom is -0.481 e. The average Bonchev–Trinajstić information content (AvgIpc) is 2.63. The maximum Gasteiger partial charge on any atom is 0.211 e. The van der Waals surface area contributed by atoms with Crippen molar-refractivity contribution in [1.82, 2.24) is 20.4 Å². The highest BCUT2D eigenvalue weighted by atomic mass is 16.5. The van der Waals surface area contributed by atoms with Crippen LogP contribution in [0.3, 0.4) is 0 Å². The van der Waals surface area contributed by atoms with E-state index < -0.39 is 0 Å². The lowest BCUT2D eigenvalue weighted by atomic mass is 10.3. The number of hydrogen-bond acceptors (Lipinski definition) is 4. The second-order valence-electron chi connectivity index (χ2n) is 4.44. The molecule has 17 heavy (non-hydrogen) atoms. The van der Waals surface area contributed by atoms with Gasteiger partial charge in [-0.2, -0.15) is 5.10 Å². The van der Waals surface area contributed by atoms with Crippen molar-refractivity contribution >= 4 is 0 Å². The molecule has 0 atom stereocenters. The summed E-state index contributed by atoms with van der Waals surface area (Å²) in [5, 5.41) is 11.1. The molecular formula is C12H24N4O. The van der Waals surface area contributed by atoms with Gasteiger partial charge in [-0.25, -0.2) is 4.68 Å². The maximum atomic E-state index is 5.16. The molecule has 1 heterocycles. The fourth-order valence-electron chi connectivity index (χ4n) is 1.60. The van der Waals surface area contributed by atoms with E-state index in [1.54, 1.807) is 11.8 Å². The van der Waals surface area contributed by atoms with Gasteiger partial charge in [-0.15, -0.1) is 0 Å². The molecule has 0 fully saturated rings. The zero-order chi connectivity index (χ0) is 12.7. The molecule has 0 radical (unpaired) electrons. The minimum atomic E-state index is 0.565. The normalized spacial score (nSPS) is 11.1. The smallest absolute Gasteiger partial charge is 0.211 e. The first-order valence-corrected chi connectivity index (χ1v) is 6.14. The zero-order valence-electron chi connectivity index (χ0n) is 11.3. The molecule has 2 N–H and O–H groups in total. The molecule has 0 saturated heterocycles. The summed E-state index contributed by atoms with van der Waals surface area (Å²) in [4.78, 5) is 0. The Morgan fingerprint density at radius 2 is 2.18 bits per heavy atom. The Bertz CT molecular complexity index is 322. The van der Waals surface area contributed by atoms with Crippen LogP contribution >= 0.6 is 0 Å². The summed E-state index contributed by atoms with van der Waals surface area (Å²) >= 11 is 0. The summed E-state index contributed by atoms with van der Waals surface area (Å²) in [5.41, 5.74) is 1.01. The molecule has 1 aromatic heterocycles. The molecule has 0 spiro atoms. The van der Waals surface area contributed by atoms with Gasteiger partial charge in [0, 0.05) is 25.7 Å². The molecule has 0 unspecified atom stereocenters. The third kappa shape index (κ3) is 5.19. The van der Waals surface area contributed by atoms with Gasteiger partial charge in [-0.1, -0.05) is 13.8 Å². The monoisotopic (exact) mass is 240 g/mol. The van der Waals surface area contributed by atoms with Crippen LogP contribution in [-0.2, 0) is 13.6 Å². The van der Waals surface area contributed by atoms with E-state index in [0.717, 1.165) is 37.6 Å². The number of ether oxygens (including phenoxy) is 1. The van der Waals surface area contributed by atoms with Gasteiger partial charge in [-0.3, -0.25) is 0 Å². The van der Waals surface area contributed by atoms with Crippen molar-refractivity contribution in [3.8, 4) is 5.88 Å². The van der Waals surface area contributed by atoms with Crippen LogP contribution < -0.4 is 15.4 Å². The highest BCUT2D eigenvalue weighted by molar-refractivity contribution is 5.15. The summed E-state index contributed by atoms with van der Waals surface area (Å²) in [6, 6.07) is 2.52. The SMILES string of the molecule is COc1cc(CNCCCNC(C)C)nn1C. The van der Waals surface area contributed by atoms with Crippen molar-refractivity contribution in [2.24, 2.45) is 7.05 Å². The van der Waals surface area contributed by atoms with Crippen LogP contribution in [0.5, 0.6) is 5.88 Å². The van der Waals surface area contributed by atoms with E-state index in [4.69, 9.17) is 4.74 Å². The topological polar surface area (TPSA) is 51.1 Å². The van der Waals surface area contributed by atoms with E-state index >= 15 is 0 Å². The first-order chi connectivity index (χ1) is 8.13. The highest BCUT2D eigenvalue weighted by Crippen LogP contribution is 2.10. The molecule has 0 aromatic carbocycles. The van der Waals surface area contributed by atoms with Crippen LogP contribution in [0.15, 0.2) is 6.07 Å². The van der Waals surface area contributed by atoms with Crippen LogP contribution in [0.4, 0.5) is 0 Å². The predicted molar refractivity (Wildman–Crippen MR) is 69.2 cm³/mol. The van der Waals surface area contributed by atoms with E-state index in [2.05, 4.69) is 29.6 Å². The number of nitrogens with zero attached hydrogens (tertiary/aromatic N) is 2. The summed E-state index contributed by atoms with van der Waals surface area (Å²) in [7, 11) is 3.54. The molecule has 1 rings (SSSR count). The number of aryl methyl sites for hydroxylation is 1. The first kappa shape index (κ1) is 14.0. The largest absolute Gasteiger partial charge is 0.481 e. The standard InChI is InChI=1S/C12H24N4O/c1-10(2)14-7-5-6-13-9-11-8-12(17-4)16(3)15-11/h8,10,13-14H,5-7,9H2,1-4H3. The Labute approximate surface area is 104 Å². The lowest BCUT2D eigenvalue weighted by Crippen LogP contribution is -2.26. The molecule has 0 amide bonds. The van der Waals surface area contributed by atoms with Crippen molar-refractivity contribution in [2.45, 2.75) is 32.9 Å². The van der Waals surface area contributed by atoms with E-state index in [1.807, 2.05) is 13.1 Å². The first-order valence-electron chi connectivity index (χ1n) is 6.14. The third-order valence-electron chi connectivity index (χ3n) is 2.49. The average molecular weight is 240 g/mol. The van der Waals surface area contributed by atoms with E-state index in [9.17, 15) is 0 Å². The lowest BCUT2D eigenvalue weighted by Gasteiger charge is -2.07. The Morgan fingerprint density at radius 3 is 2.76 bits per heavy atom. The molecule has 1 aromatic rings. The van der Waals surface area contributed by atoms with Crippen LogP contribution in [0.1, 0.15) is 26.0 Å². The van der Waals surface area contributed by atoms with Gasteiger partial charge < -0.3 is 15.4 Å². The zero-order valence-corrected chi connectivity index (χ0v) is 11.3. The Kier molecular flexibility index (Phi) is 6.00. The Balaban J connectivity index is 2.13. The molecule has 0 aliphatic heterocycles. The van der Waals surface area contributed by atoms with Crippen LogP contribution in [0, 0.1) is 0 Å². The minimum absolute atomic E-state index is 0.565. The van der Waals surface area contributed by atoms with E-state index in [-0.39, 0.29) is 0 Å². The van der Waals surface area contributed by atoms with Gasteiger partial charge in [0.25, 0.3) is 0 Å². The summed E-state index contributed by atoms with van der Waals surface area (Å²) in [6.07, 6.45) is 1.13. The van der Waals surface area contributed by atoms with Gasteiger partial charge in [0.2, 0.25) is 5.88 Å². The van der Waals surface area contributed by atoms with Crippen LogP contribution in [0.25, 0.3) is 0 Å². The van der Waals surface area contributed by atoms with Gasteiger partial charge in [0.05, 0.1) is 12.8 Å². The quantitative estimate of drug-likeness (QED) is 0.663. The number of nitrogens with one attached hydrogen (secondary N) is 2. The number of methoxy groups -OCH3 is 1. The molecule has 98 valence electrons. The number of hydrogen-bond donors (Lipinski definition) is 2. The summed E-state index contributed by atoms with van der Waals surface area (Å²) in [5.74, 6) is 0.795. The van der Waals surface area contributed by atoms with Crippen LogP contribution in [0.2, 0.25) is 0 Å². The molecule has 5 heteroatoms. The van der Waals surface area contributed by atoms with Crippen molar-refractivity contribution < 1.29 is 4.74 Å². The second-order valence-corrected chi connectivity index (χ2v) is 4.44. The van der Waals surface area contributed by atoms with Gasteiger partial charge in [0.15, 0.2) is 0 Å². The predicted octanol–water partition coefficient (Wildman–Crippen LogP) is 0.906. The van der Waals surface area contributed by atoms with Gasteiger partial charge >= 0.3 is 0 Å². The van der Waals surface area contributed by atoms with E-state index in [1.165, 1.54) is 0 Å². The van der Waals surface area contributed by atoms with Crippen molar-refractivity contribution in [2.75, 3.05) is 20.2 Å². The maximum absolute atomic E-state index is 5.16. The van der Waals surface area contributed by atoms with E-state index in [0.29, 0.717) is 6.04 Å². The third-order valence-corrected chi connectivity index (χ3v) is 2.49. The molecule has 0 bridgehead atoms. The number of aromatic nitrogens is 2. The second kappa shape index (κ2) is 7.29. The molecule has 0 aliphatic carbocycles.